The lowest BCUT2D eigenvalue weighted by Crippen LogP contribution is -2.36. The number of pyridine rings is 1. The van der Waals surface area contributed by atoms with Crippen molar-refractivity contribution < 1.29 is 42.7 Å². The van der Waals surface area contributed by atoms with E-state index in [0.29, 0.717) is 39.7 Å². The summed E-state index contributed by atoms with van der Waals surface area (Å²) in [6.45, 7) is 0.144. The van der Waals surface area contributed by atoms with Gasteiger partial charge < -0.3 is 33.2 Å². The molecule has 42 heavy (non-hydrogen) atoms. The highest BCUT2D eigenvalue weighted by atomic mass is 16.7. The van der Waals surface area contributed by atoms with Crippen molar-refractivity contribution >= 4 is 22.7 Å². The lowest BCUT2D eigenvalue weighted by molar-refractivity contribution is -0.141. The molecule has 0 radical (unpaired) electrons. The molecule has 3 heterocycles. The van der Waals surface area contributed by atoms with Crippen LogP contribution in [0.3, 0.4) is 0 Å². The van der Waals surface area contributed by atoms with Crippen molar-refractivity contribution in [2.75, 3.05) is 34.7 Å². The summed E-state index contributed by atoms with van der Waals surface area (Å²) in [6.07, 6.45) is 0.773. The van der Waals surface area contributed by atoms with E-state index in [2.05, 4.69) is 4.98 Å². The Morgan fingerprint density at radius 2 is 1.60 bits per heavy atom. The average Bonchev–Trinajstić information content (AvgIpc) is 3.65. The first-order valence-corrected chi connectivity index (χ1v) is 13.5. The summed E-state index contributed by atoms with van der Waals surface area (Å²) in [5, 5.41) is 1.55. The molecule has 10 nitrogen and oxygen atoms in total. The van der Waals surface area contributed by atoms with E-state index >= 15 is 0 Å². The molecule has 7 rings (SSSR count). The molecule has 2 aliphatic heterocycles. The number of carbonyl (C=O) groups is 2. The second-order valence-electron chi connectivity index (χ2n) is 10.3. The Labute approximate surface area is 241 Å². The van der Waals surface area contributed by atoms with E-state index in [9.17, 15) is 9.59 Å². The Balaban J connectivity index is 1.39. The number of carbonyl (C=O) groups excluding carboxylic acids is 2. The van der Waals surface area contributed by atoms with Gasteiger partial charge in [-0.15, -0.1) is 0 Å². The second-order valence-corrected chi connectivity index (χ2v) is 10.3. The molecule has 214 valence electrons. The monoisotopic (exact) mass is 569 g/mol. The van der Waals surface area contributed by atoms with Gasteiger partial charge in [0.15, 0.2) is 28.7 Å². The summed E-state index contributed by atoms with van der Waals surface area (Å²) in [7, 11) is 4.61. The Kier molecular flexibility index (Phi) is 6.26. The second kappa shape index (κ2) is 10.1. The van der Waals surface area contributed by atoms with Crippen LogP contribution >= 0.6 is 0 Å². The quantitative estimate of drug-likeness (QED) is 0.300. The zero-order valence-electron chi connectivity index (χ0n) is 23.1. The van der Waals surface area contributed by atoms with E-state index in [4.69, 9.17) is 33.2 Å². The molecule has 3 aliphatic rings. The van der Waals surface area contributed by atoms with Crippen LogP contribution < -0.4 is 23.7 Å². The maximum absolute atomic E-state index is 13.7. The number of esters is 2. The minimum Gasteiger partial charge on any atom is -0.493 e. The molecule has 0 N–H and O–H groups in total. The van der Waals surface area contributed by atoms with Crippen molar-refractivity contribution in [1.82, 2.24) is 4.98 Å². The van der Waals surface area contributed by atoms with Gasteiger partial charge in [-0.1, -0.05) is 24.3 Å². The van der Waals surface area contributed by atoms with Gasteiger partial charge >= 0.3 is 11.9 Å². The summed E-state index contributed by atoms with van der Waals surface area (Å²) in [5.41, 5.74) is 2.39. The summed E-state index contributed by atoms with van der Waals surface area (Å²) in [5.74, 6) is -0.203. The van der Waals surface area contributed by atoms with Crippen molar-refractivity contribution in [3.63, 3.8) is 0 Å². The summed E-state index contributed by atoms with van der Waals surface area (Å²) in [4.78, 5) is 31.5. The van der Waals surface area contributed by atoms with Crippen LogP contribution in [0.2, 0.25) is 0 Å². The molecule has 0 saturated carbocycles. The number of cyclic esters (lactones) is 1. The number of fused-ring (bicyclic) bond motifs is 4. The van der Waals surface area contributed by atoms with E-state index in [0.717, 1.165) is 16.5 Å². The molecule has 3 aromatic carbocycles. The Bertz CT molecular complexity index is 1700. The number of ether oxygens (including phenoxy) is 7. The minimum absolute atomic E-state index is 0.0619. The van der Waals surface area contributed by atoms with Crippen molar-refractivity contribution in [1.29, 1.82) is 0 Å². The predicted octanol–water partition coefficient (Wildman–Crippen LogP) is 4.82. The highest BCUT2D eigenvalue weighted by Gasteiger charge is 2.54. The average molecular weight is 570 g/mol. The third-order valence-corrected chi connectivity index (χ3v) is 8.27. The molecule has 10 heteroatoms. The van der Waals surface area contributed by atoms with Crippen LogP contribution in [0.25, 0.3) is 10.8 Å². The largest absolute Gasteiger partial charge is 0.493 e. The van der Waals surface area contributed by atoms with Crippen LogP contribution in [0.1, 0.15) is 39.2 Å². The molecular formula is C32H27NO9. The lowest BCUT2D eigenvalue weighted by atomic mass is 9.66. The Morgan fingerprint density at radius 3 is 2.31 bits per heavy atom. The molecular weight excluding hydrogens is 542 g/mol. The maximum atomic E-state index is 13.7. The van der Waals surface area contributed by atoms with Gasteiger partial charge in [0.2, 0.25) is 12.5 Å². The summed E-state index contributed by atoms with van der Waals surface area (Å²) in [6, 6.07) is 16.7. The van der Waals surface area contributed by atoms with E-state index in [1.807, 2.05) is 54.6 Å². The fourth-order valence-corrected chi connectivity index (χ4v) is 6.40. The maximum Gasteiger partial charge on any atom is 0.358 e. The first kappa shape index (κ1) is 25.9. The van der Waals surface area contributed by atoms with Gasteiger partial charge in [0.05, 0.1) is 33.9 Å². The van der Waals surface area contributed by atoms with Crippen LogP contribution in [-0.2, 0) is 14.3 Å². The van der Waals surface area contributed by atoms with Gasteiger partial charge in [0.1, 0.15) is 6.10 Å². The van der Waals surface area contributed by atoms with Gasteiger partial charge in [-0.2, -0.15) is 0 Å². The van der Waals surface area contributed by atoms with Crippen molar-refractivity contribution in [2.24, 2.45) is 11.8 Å². The minimum atomic E-state index is -0.808. The zero-order chi connectivity index (χ0) is 29.0. The number of benzene rings is 3. The van der Waals surface area contributed by atoms with Crippen LogP contribution in [0, 0.1) is 11.8 Å². The van der Waals surface area contributed by atoms with Crippen LogP contribution in [-0.4, -0.2) is 51.7 Å². The number of rotatable bonds is 6. The molecule has 0 bridgehead atoms. The first-order valence-electron chi connectivity index (χ1n) is 13.5. The highest BCUT2D eigenvalue weighted by Crippen LogP contribution is 2.56. The standard InChI is InChI=1S/C32H27NO9/c1-36-24-10-17(11-25(37-2)30(24)38-3)26-19-12-22-23(41-15-40-22)13-20(19)29(21-14-39-31(34)27(21)26)42-32(35)28-18-7-5-4-6-16(18)8-9-33-28/h4-13,21,26-27,29H,14-15H2,1-3H3/t21-,26+,27-,29-/m0/s1. The van der Waals surface area contributed by atoms with Crippen molar-refractivity contribution in [2.45, 2.75) is 12.0 Å². The van der Waals surface area contributed by atoms with Crippen LogP contribution in [0.15, 0.2) is 60.8 Å². The predicted molar refractivity (Wildman–Crippen MR) is 148 cm³/mol. The van der Waals surface area contributed by atoms with Crippen LogP contribution in [0.5, 0.6) is 28.7 Å². The van der Waals surface area contributed by atoms with Crippen LogP contribution in [0.4, 0.5) is 0 Å². The van der Waals surface area contributed by atoms with Crippen molar-refractivity contribution in [3.8, 4) is 28.7 Å². The van der Waals surface area contributed by atoms with Crippen molar-refractivity contribution in [3.05, 3.63) is 83.2 Å². The number of hydrogen-bond donors (Lipinski definition) is 0. The summed E-state index contributed by atoms with van der Waals surface area (Å²) < 4.78 is 40.1. The van der Waals surface area contributed by atoms with E-state index in [1.165, 1.54) is 21.3 Å². The Morgan fingerprint density at radius 1 is 0.881 bits per heavy atom. The Hall–Kier alpha value is -4.99. The fourth-order valence-electron chi connectivity index (χ4n) is 6.40. The molecule has 1 aliphatic carbocycles. The molecule has 0 amide bonds. The molecule has 0 spiro atoms. The normalized spacial score (nSPS) is 21.7. The van der Waals surface area contributed by atoms with Gasteiger partial charge in [-0.05, 0) is 46.8 Å². The topological polar surface area (TPSA) is 112 Å². The highest BCUT2D eigenvalue weighted by molar-refractivity contribution is 6.02. The zero-order valence-corrected chi connectivity index (χ0v) is 23.1. The number of methoxy groups -OCH3 is 3. The molecule has 0 unspecified atom stereocenters. The molecule has 4 atom stereocenters. The number of hydrogen-bond acceptors (Lipinski definition) is 10. The fraction of sp³-hybridized carbons (Fsp3) is 0.281. The van der Waals surface area contributed by atoms with E-state index in [1.54, 1.807) is 6.20 Å². The molecule has 1 fully saturated rings. The molecule has 4 aromatic rings. The third kappa shape index (κ3) is 3.97. The van der Waals surface area contributed by atoms with Gasteiger partial charge in [-0.3, -0.25) is 4.79 Å². The number of aromatic nitrogens is 1. The summed E-state index contributed by atoms with van der Waals surface area (Å²) >= 11 is 0. The van der Waals surface area contributed by atoms with E-state index < -0.39 is 29.8 Å². The third-order valence-electron chi connectivity index (χ3n) is 8.27. The molecule has 1 aromatic heterocycles. The van der Waals surface area contributed by atoms with Gasteiger partial charge in [0.25, 0.3) is 0 Å². The lowest BCUT2D eigenvalue weighted by Gasteiger charge is -2.38. The molecule has 1 saturated heterocycles. The smallest absolute Gasteiger partial charge is 0.358 e. The number of nitrogens with zero attached hydrogens (tertiary/aromatic N) is 1. The SMILES string of the molecule is COc1cc([C@@H]2c3cc4c(cc3[C@H](OC(=O)c3nccc5ccccc35)[C@H]3COC(=O)[C@H]23)OCO4)cc(OC)c1OC. The van der Waals surface area contributed by atoms with E-state index in [-0.39, 0.29) is 25.1 Å². The first-order chi connectivity index (χ1) is 20.5. The van der Waals surface area contributed by atoms with Gasteiger partial charge in [0, 0.05) is 29.0 Å². The van der Waals surface area contributed by atoms with Gasteiger partial charge in [-0.25, -0.2) is 9.78 Å².